The van der Waals surface area contributed by atoms with E-state index in [2.05, 4.69) is 10.3 Å². The Balaban J connectivity index is 0.00000200. The number of carbonyl (C=O) groups excluding carboxylic acids is 1. The largest absolute Gasteiger partial charge is 0.393 e. The van der Waals surface area contributed by atoms with E-state index < -0.39 is 0 Å². The number of aromatic nitrogens is 1. The van der Waals surface area contributed by atoms with Gasteiger partial charge in [-0.2, -0.15) is 0 Å². The predicted molar refractivity (Wildman–Crippen MR) is 82.4 cm³/mol. The Kier molecular flexibility index (Phi) is 7.43. The molecule has 2 unspecified atom stereocenters. The molecule has 5 nitrogen and oxygen atoms in total. The van der Waals surface area contributed by atoms with Gasteiger partial charge in [-0.3, -0.25) is 4.79 Å². The van der Waals surface area contributed by atoms with Crippen molar-refractivity contribution in [3.05, 3.63) is 16.1 Å². The summed E-state index contributed by atoms with van der Waals surface area (Å²) in [7, 11) is 0. The number of hydrogen-bond donors (Lipinski definition) is 3. The van der Waals surface area contributed by atoms with E-state index in [1.165, 1.54) is 11.3 Å². The van der Waals surface area contributed by atoms with E-state index in [4.69, 9.17) is 5.73 Å². The molecule has 7 heteroatoms. The van der Waals surface area contributed by atoms with Crippen LogP contribution >= 0.6 is 23.7 Å². The van der Waals surface area contributed by atoms with Gasteiger partial charge in [0.1, 0.15) is 5.69 Å². The lowest BCUT2D eigenvalue weighted by Crippen LogP contribution is -2.36. The van der Waals surface area contributed by atoms with Crippen molar-refractivity contribution in [1.82, 2.24) is 10.3 Å². The van der Waals surface area contributed by atoms with Gasteiger partial charge in [-0.1, -0.05) is 12.8 Å². The van der Waals surface area contributed by atoms with E-state index in [1.54, 1.807) is 5.38 Å². The highest BCUT2D eigenvalue weighted by Crippen LogP contribution is 2.23. The minimum atomic E-state index is -0.280. The number of rotatable bonds is 5. The molecule has 1 saturated carbocycles. The summed E-state index contributed by atoms with van der Waals surface area (Å²) in [5, 5.41) is 15.4. The molecule has 1 fully saturated rings. The summed E-state index contributed by atoms with van der Waals surface area (Å²) in [5.74, 6) is 0.0251. The van der Waals surface area contributed by atoms with Crippen LogP contribution in [0.25, 0.3) is 0 Å². The van der Waals surface area contributed by atoms with Crippen LogP contribution < -0.4 is 11.1 Å². The molecule has 1 heterocycles. The monoisotopic (exact) mass is 319 g/mol. The highest BCUT2D eigenvalue weighted by atomic mass is 35.5. The van der Waals surface area contributed by atoms with Gasteiger partial charge in [0.2, 0.25) is 0 Å². The summed E-state index contributed by atoms with van der Waals surface area (Å²) in [5.41, 5.74) is 5.91. The van der Waals surface area contributed by atoms with Crippen LogP contribution in [-0.2, 0) is 6.42 Å². The molecule has 0 bridgehead atoms. The smallest absolute Gasteiger partial charge is 0.270 e. The molecule has 2 atom stereocenters. The fraction of sp³-hybridized carbons (Fsp3) is 0.692. The Bertz CT molecular complexity index is 428. The fourth-order valence-electron chi connectivity index (χ4n) is 2.39. The van der Waals surface area contributed by atoms with E-state index in [0.29, 0.717) is 25.2 Å². The molecule has 0 spiro atoms. The fourth-order valence-corrected chi connectivity index (χ4v) is 3.19. The highest BCUT2D eigenvalue weighted by molar-refractivity contribution is 7.09. The maximum Gasteiger partial charge on any atom is 0.270 e. The van der Waals surface area contributed by atoms with Crippen LogP contribution in [0.5, 0.6) is 0 Å². The predicted octanol–water partition coefficient (Wildman–Crippen LogP) is 1.35. The molecule has 1 aliphatic rings. The Hall–Kier alpha value is -0.690. The maximum atomic E-state index is 11.9. The Labute approximate surface area is 129 Å². The third-order valence-electron chi connectivity index (χ3n) is 3.54. The third-order valence-corrected chi connectivity index (χ3v) is 4.44. The van der Waals surface area contributed by atoms with Gasteiger partial charge in [0.05, 0.1) is 11.1 Å². The summed E-state index contributed by atoms with van der Waals surface area (Å²) in [4.78, 5) is 16.2. The van der Waals surface area contributed by atoms with Crippen LogP contribution in [0.15, 0.2) is 5.38 Å². The molecule has 1 aromatic rings. The van der Waals surface area contributed by atoms with Crippen molar-refractivity contribution in [3.8, 4) is 0 Å². The molecular formula is C13H22ClN3O2S. The molecule has 0 aromatic carbocycles. The number of aliphatic hydroxyl groups is 1. The standard InChI is InChI=1S/C13H21N3O2S.ClH/c14-6-5-12-16-10(8-19-12)13(18)15-7-9-3-1-2-4-11(9)17;/h8-9,11,17H,1-7,14H2,(H,15,18);1H. The first kappa shape index (κ1) is 17.4. The van der Waals surface area contributed by atoms with Crippen LogP contribution in [0, 0.1) is 5.92 Å². The van der Waals surface area contributed by atoms with Gasteiger partial charge in [0.25, 0.3) is 5.91 Å². The summed E-state index contributed by atoms with van der Waals surface area (Å²) in [6.07, 6.45) is 4.47. The van der Waals surface area contributed by atoms with Crippen molar-refractivity contribution in [1.29, 1.82) is 0 Å². The number of nitrogens with one attached hydrogen (secondary N) is 1. The van der Waals surface area contributed by atoms with Crippen LogP contribution in [0.4, 0.5) is 0 Å². The molecule has 4 N–H and O–H groups in total. The summed E-state index contributed by atoms with van der Waals surface area (Å²) in [6.45, 7) is 1.08. The molecule has 0 saturated heterocycles. The van der Waals surface area contributed by atoms with Gasteiger partial charge in [0, 0.05) is 24.3 Å². The number of carbonyl (C=O) groups is 1. The van der Waals surface area contributed by atoms with Gasteiger partial charge in [-0.25, -0.2) is 4.98 Å². The van der Waals surface area contributed by atoms with E-state index >= 15 is 0 Å². The van der Waals surface area contributed by atoms with Crippen molar-refractivity contribution in [2.75, 3.05) is 13.1 Å². The molecule has 20 heavy (non-hydrogen) atoms. The first-order valence-corrected chi connectivity index (χ1v) is 7.69. The number of thiazole rings is 1. The molecule has 1 amide bonds. The van der Waals surface area contributed by atoms with Crippen LogP contribution in [0.3, 0.4) is 0 Å². The maximum absolute atomic E-state index is 11.9. The highest BCUT2D eigenvalue weighted by Gasteiger charge is 2.23. The van der Waals surface area contributed by atoms with Crippen molar-refractivity contribution in [3.63, 3.8) is 0 Å². The lowest BCUT2D eigenvalue weighted by molar-refractivity contribution is 0.0662. The minimum Gasteiger partial charge on any atom is -0.393 e. The number of halogens is 1. The molecule has 1 aromatic heterocycles. The quantitative estimate of drug-likeness (QED) is 0.764. The molecule has 0 aliphatic heterocycles. The first-order valence-electron chi connectivity index (χ1n) is 6.81. The minimum absolute atomic E-state index is 0. The van der Waals surface area contributed by atoms with Crippen molar-refractivity contribution in [2.24, 2.45) is 11.7 Å². The molecular weight excluding hydrogens is 298 g/mol. The second-order valence-electron chi connectivity index (χ2n) is 4.99. The number of nitrogens with zero attached hydrogens (tertiary/aromatic N) is 1. The zero-order valence-corrected chi connectivity index (χ0v) is 13.0. The van der Waals surface area contributed by atoms with Crippen LogP contribution in [0.1, 0.15) is 41.2 Å². The van der Waals surface area contributed by atoms with Gasteiger partial charge in [0.15, 0.2) is 0 Å². The summed E-state index contributed by atoms with van der Waals surface area (Å²) in [6, 6.07) is 0. The Morgan fingerprint density at radius 1 is 1.50 bits per heavy atom. The number of amides is 1. The average molecular weight is 320 g/mol. The number of nitrogens with two attached hydrogens (primary N) is 1. The third kappa shape index (κ3) is 4.70. The van der Waals surface area contributed by atoms with Crippen molar-refractivity contribution >= 4 is 29.7 Å². The second kappa shape index (κ2) is 8.56. The average Bonchev–Trinajstić information content (AvgIpc) is 2.87. The SMILES string of the molecule is Cl.NCCc1nc(C(=O)NCC2CCCCC2O)cs1. The van der Waals surface area contributed by atoms with Gasteiger partial charge in [-0.15, -0.1) is 23.7 Å². The van der Waals surface area contributed by atoms with Crippen molar-refractivity contribution < 1.29 is 9.90 Å². The van der Waals surface area contributed by atoms with E-state index in [1.807, 2.05) is 0 Å². The molecule has 1 aliphatic carbocycles. The Morgan fingerprint density at radius 2 is 2.25 bits per heavy atom. The lowest BCUT2D eigenvalue weighted by atomic mass is 9.86. The summed E-state index contributed by atoms with van der Waals surface area (Å²) >= 11 is 1.46. The van der Waals surface area contributed by atoms with Gasteiger partial charge >= 0.3 is 0 Å². The van der Waals surface area contributed by atoms with E-state index in [-0.39, 0.29) is 30.3 Å². The normalized spacial score (nSPS) is 22.1. The first-order chi connectivity index (χ1) is 9.20. The molecule has 0 radical (unpaired) electrons. The topological polar surface area (TPSA) is 88.2 Å². The lowest BCUT2D eigenvalue weighted by Gasteiger charge is -2.27. The molecule has 114 valence electrons. The molecule has 2 rings (SSSR count). The second-order valence-corrected chi connectivity index (χ2v) is 5.93. The van der Waals surface area contributed by atoms with Crippen LogP contribution in [-0.4, -0.2) is 35.2 Å². The number of hydrogen-bond acceptors (Lipinski definition) is 5. The Morgan fingerprint density at radius 3 is 2.95 bits per heavy atom. The summed E-state index contributed by atoms with van der Waals surface area (Å²) < 4.78 is 0. The van der Waals surface area contributed by atoms with Gasteiger partial charge < -0.3 is 16.2 Å². The van der Waals surface area contributed by atoms with E-state index in [9.17, 15) is 9.90 Å². The zero-order valence-electron chi connectivity index (χ0n) is 11.4. The number of aliphatic hydroxyl groups excluding tert-OH is 1. The van der Waals surface area contributed by atoms with Crippen LogP contribution in [0.2, 0.25) is 0 Å². The van der Waals surface area contributed by atoms with E-state index in [0.717, 1.165) is 30.7 Å². The van der Waals surface area contributed by atoms with Crippen molar-refractivity contribution in [2.45, 2.75) is 38.2 Å². The van der Waals surface area contributed by atoms with Gasteiger partial charge in [-0.05, 0) is 19.4 Å². The zero-order chi connectivity index (χ0) is 13.7.